The van der Waals surface area contributed by atoms with E-state index >= 15 is 0 Å². The monoisotopic (exact) mass is 372 g/mol. The van der Waals surface area contributed by atoms with E-state index in [9.17, 15) is 4.79 Å². The number of hydrogen-bond acceptors (Lipinski definition) is 6. The lowest BCUT2D eigenvalue weighted by Gasteiger charge is -2.25. The van der Waals surface area contributed by atoms with E-state index in [1.165, 1.54) is 0 Å². The van der Waals surface area contributed by atoms with Crippen LogP contribution in [0.15, 0.2) is 28.7 Å². The molecule has 1 aromatic heterocycles. The molecule has 3 rings (SSSR count). The molecule has 2 aromatic rings. The predicted molar refractivity (Wildman–Crippen MR) is 102 cm³/mol. The van der Waals surface area contributed by atoms with E-state index in [-0.39, 0.29) is 11.9 Å². The number of methoxy groups -OCH3 is 1. The highest BCUT2D eigenvalue weighted by atomic mass is 16.5. The van der Waals surface area contributed by atoms with Crippen LogP contribution in [0.25, 0.3) is 0 Å². The molecule has 1 saturated heterocycles. The minimum atomic E-state index is 0.0700. The topological polar surface area (TPSA) is 71.7 Å². The van der Waals surface area contributed by atoms with Gasteiger partial charge in [-0.3, -0.25) is 9.69 Å². The van der Waals surface area contributed by atoms with Crippen LogP contribution in [0, 0.1) is 6.92 Å². The van der Waals surface area contributed by atoms with Crippen molar-refractivity contribution >= 4 is 5.91 Å². The van der Waals surface area contributed by atoms with Gasteiger partial charge in [0.1, 0.15) is 5.75 Å². The number of aryl methyl sites for hydroxylation is 2. The second kappa shape index (κ2) is 8.99. The fourth-order valence-corrected chi connectivity index (χ4v) is 3.41. The Bertz CT molecular complexity index is 744. The molecule has 1 aliphatic heterocycles. The maximum atomic E-state index is 12.6. The van der Waals surface area contributed by atoms with Gasteiger partial charge in [-0.1, -0.05) is 12.1 Å². The minimum absolute atomic E-state index is 0.0700. The zero-order valence-electron chi connectivity index (χ0n) is 16.4. The maximum absolute atomic E-state index is 12.6. The highest BCUT2D eigenvalue weighted by Crippen LogP contribution is 2.21. The summed E-state index contributed by atoms with van der Waals surface area (Å²) in [7, 11) is 1.65. The molecule has 0 bridgehead atoms. The summed E-state index contributed by atoms with van der Waals surface area (Å²) < 4.78 is 10.7. The summed E-state index contributed by atoms with van der Waals surface area (Å²) in [6.07, 6.45) is 2.23. The van der Waals surface area contributed by atoms with Gasteiger partial charge >= 0.3 is 0 Å². The van der Waals surface area contributed by atoms with Crippen molar-refractivity contribution in [2.75, 3.05) is 33.3 Å². The quantitative estimate of drug-likeness (QED) is 0.776. The number of amides is 1. The van der Waals surface area contributed by atoms with Crippen molar-refractivity contribution < 1.29 is 13.9 Å². The first kappa shape index (κ1) is 19.4. The first-order valence-electron chi connectivity index (χ1n) is 9.51. The van der Waals surface area contributed by atoms with Gasteiger partial charge < -0.3 is 14.1 Å². The zero-order valence-corrected chi connectivity index (χ0v) is 16.4. The second-order valence-electron chi connectivity index (χ2n) is 6.95. The summed E-state index contributed by atoms with van der Waals surface area (Å²) in [5.74, 6) is 2.28. The van der Waals surface area contributed by atoms with Crippen LogP contribution >= 0.6 is 0 Å². The third kappa shape index (κ3) is 5.07. The number of benzene rings is 1. The molecule has 0 radical (unpaired) electrons. The normalized spacial score (nSPS) is 16.8. The van der Waals surface area contributed by atoms with Gasteiger partial charge in [0.25, 0.3) is 0 Å². The molecule has 0 saturated carbocycles. The Hall–Kier alpha value is -2.41. The predicted octanol–water partition coefficient (Wildman–Crippen LogP) is 2.61. The van der Waals surface area contributed by atoms with E-state index in [1.54, 1.807) is 14.0 Å². The molecule has 0 spiro atoms. The Morgan fingerprint density at radius 2 is 1.96 bits per heavy atom. The third-order valence-corrected chi connectivity index (χ3v) is 5.12. The van der Waals surface area contributed by atoms with Crippen molar-refractivity contribution in [3.8, 4) is 5.75 Å². The van der Waals surface area contributed by atoms with Gasteiger partial charge in [-0.15, -0.1) is 10.2 Å². The standard InChI is InChI=1S/C20H28N4O3/c1-15(20-22-21-16(2)27-20)23-11-4-12-24(14-13-23)19(25)10-7-17-5-8-18(26-3)9-6-17/h5-6,8-9,15H,4,7,10-14H2,1-3H3/t15-/m0/s1. The number of nitrogens with zero attached hydrogens (tertiary/aromatic N) is 4. The van der Waals surface area contributed by atoms with Gasteiger partial charge in [-0.05, 0) is 37.5 Å². The summed E-state index contributed by atoms with van der Waals surface area (Å²) in [6, 6.07) is 7.98. The highest BCUT2D eigenvalue weighted by Gasteiger charge is 2.25. The lowest BCUT2D eigenvalue weighted by Crippen LogP contribution is -2.36. The Morgan fingerprint density at radius 1 is 1.19 bits per heavy atom. The van der Waals surface area contributed by atoms with Crippen molar-refractivity contribution in [1.29, 1.82) is 0 Å². The molecule has 0 aliphatic carbocycles. The van der Waals surface area contributed by atoms with Gasteiger partial charge in [0.2, 0.25) is 17.7 Å². The molecule has 7 nitrogen and oxygen atoms in total. The number of rotatable bonds is 6. The molecular formula is C20H28N4O3. The van der Waals surface area contributed by atoms with Crippen LogP contribution in [0.1, 0.15) is 43.2 Å². The Balaban J connectivity index is 1.50. The summed E-state index contributed by atoms with van der Waals surface area (Å²) in [4.78, 5) is 16.9. The van der Waals surface area contributed by atoms with Crippen LogP contribution in [0.2, 0.25) is 0 Å². The van der Waals surface area contributed by atoms with Crippen LogP contribution in [0.4, 0.5) is 0 Å². The van der Waals surface area contributed by atoms with E-state index in [0.717, 1.165) is 50.3 Å². The van der Waals surface area contributed by atoms with Crippen molar-refractivity contribution in [3.05, 3.63) is 41.6 Å². The minimum Gasteiger partial charge on any atom is -0.497 e. The zero-order chi connectivity index (χ0) is 19.2. The van der Waals surface area contributed by atoms with Gasteiger partial charge in [0, 0.05) is 39.5 Å². The molecule has 1 atom stereocenters. The first-order chi connectivity index (χ1) is 13.1. The molecule has 1 amide bonds. The van der Waals surface area contributed by atoms with Gasteiger partial charge in [-0.2, -0.15) is 0 Å². The largest absolute Gasteiger partial charge is 0.497 e. The molecule has 27 heavy (non-hydrogen) atoms. The van der Waals surface area contributed by atoms with Crippen LogP contribution in [-0.2, 0) is 11.2 Å². The Kier molecular flexibility index (Phi) is 6.45. The molecule has 1 aliphatic rings. The van der Waals surface area contributed by atoms with Gasteiger partial charge in [0.15, 0.2) is 0 Å². The average molecular weight is 372 g/mol. The Labute approximate surface area is 160 Å². The lowest BCUT2D eigenvalue weighted by molar-refractivity contribution is -0.131. The summed E-state index contributed by atoms with van der Waals surface area (Å²) in [5, 5.41) is 8.05. The highest BCUT2D eigenvalue weighted by molar-refractivity contribution is 5.76. The van der Waals surface area contributed by atoms with Crippen molar-refractivity contribution in [3.63, 3.8) is 0 Å². The van der Waals surface area contributed by atoms with E-state index in [0.29, 0.717) is 18.2 Å². The SMILES string of the molecule is COc1ccc(CCC(=O)N2CCCN([C@@H](C)c3nnc(C)o3)CC2)cc1. The van der Waals surface area contributed by atoms with Gasteiger partial charge in [0.05, 0.1) is 13.2 Å². The third-order valence-electron chi connectivity index (χ3n) is 5.12. The molecule has 146 valence electrons. The molecule has 1 fully saturated rings. The molecule has 1 aromatic carbocycles. The maximum Gasteiger partial charge on any atom is 0.233 e. The van der Waals surface area contributed by atoms with Crippen molar-refractivity contribution in [2.24, 2.45) is 0 Å². The number of aromatic nitrogens is 2. The van der Waals surface area contributed by atoms with E-state index in [2.05, 4.69) is 22.0 Å². The number of carbonyl (C=O) groups is 1. The summed E-state index contributed by atoms with van der Waals surface area (Å²) in [5.41, 5.74) is 1.15. The molecule has 7 heteroatoms. The smallest absolute Gasteiger partial charge is 0.233 e. The lowest BCUT2D eigenvalue weighted by atomic mass is 10.1. The van der Waals surface area contributed by atoms with Crippen LogP contribution in [-0.4, -0.2) is 59.2 Å². The van der Waals surface area contributed by atoms with E-state index in [4.69, 9.17) is 9.15 Å². The van der Waals surface area contributed by atoms with Crippen LogP contribution in [0.3, 0.4) is 0 Å². The van der Waals surface area contributed by atoms with Crippen molar-refractivity contribution in [2.45, 2.75) is 39.2 Å². The van der Waals surface area contributed by atoms with Crippen molar-refractivity contribution in [1.82, 2.24) is 20.0 Å². The van der Waals surface area contributed by atoms with Crippen LogP contribution < -0.4 is 4.74 Å². The number of hydrogen-bond donors (Lipinski definition) is 0. The second-order valence-corrected chi connectivity index (χ2v) is 6.95. The average Bonchev–Trinajstić information content (AvgIpc) is 2.98. The fraction of sp³-hybridized carbons (Fsp3) is 0.550. The number of carbonyl (C=O) groups excluding carboxylic acids is 1. The molecule has 0 unspecified atom stereocenters. The van der Waals surface area contributed by atoms with E-state index in [1.807, 2.05) is 29.2 Å². The van der Waals surface area contributed by atoms with Gasteiger partial charge in [-0.25, -0.2) is 0 Å². The molecule has 2 heterocycles. The van der Waals surface area contributed by atoms with E-state index < -0.39 is 0 Å². The first-order valence-corrected chi connectivity index (χ1v) is 9.51. The number of ether oxygens (including phenoxy) is 1. The van der Waals surface area contributed by atoms with Crippen LogP contribution in [0.5, 0.6) is 5.75 Å². The molecular weight excluding hydrogens is 344 g/mol. The summed E-state index contributed by atoms with van der Waals surface area (Å²) >= 11 is 0. The fourth-order valence-electron chi connectivity index (χ4n) is 3.41. The summed E-state index contributed by atoms with van der Waals surface area (Å²) in [6.45, 7) is 7.15. The molecule has 0 N–H and O–H groups in total. The Morgan fingerprint density at radius 3 is 2.63 bits per heavy atom.